The lowest BCUT2D eigenvalue weighted by molar-refractivity contribution is 0.0690. The molecule has 2 aromatic rings. The molecule has 6 heteroatoms. The second-order valence-electron chi connectivity index (χ2n) is 4.40. The number of carboxylic acids is 1. The van der Waals surface area contributed by atoms with Crippen LogP contribution in [0.3, 0.4) is 0 Å². The summed E-state index contributed by atoms with van der Waals surface area (Å²) in [6.07, 6.45) is 0. The molecule has 100 valence electrons. The van der Waals surface area contributed by atoms with E-state index in [9.17, 15) is 4.79 Å². The summed E-state index contributed by atoms with van der Waals surface area (Å²) in [6, 6.07) is 6.97. The van der Waals surface area contributed by atoms with Gasteiger partial charge < -0.3 is 5.11 Å². The number of halogens is 2. The van der Waals surface area contributed by atoms with Crippen molar-refractivity contribution in [2.45, 2.75) is 19.8 Å². The first kappa shape index (κ1) is 13.9. The Bertz CT molecular complexity index is 618. The van der Waals surface area contributed by atoms with Gasteiger partial charge in [0.05, 0.1) is 16.4 Å². The summed E-state index contributed by atoms with van der Waals surface area (Å²) in [5, 5.41) is 13.9. The smallest absolute Gasteiger partial charge is 0.358 e. The van der Waals surface area contributed by atoms with Gasteiger partial charge >= 0.3 is 5.97 Å². The molecule has 4 nitrogen and oxygen atoms in total. The molecule has 1 aromatic carbocycles. The van der Waals surface area contributed by atoms with Gasteiger partial charge in [0.25, 0.3) is 0 Å². The third-order valence-corrected chi connectivity index (χ3v) is 3.31. The third-order valence-electron chi connectivity index (χ3n) is 2.68. The van der Waals surface area contributed by atoms with Crippen LogP contribution in [-0.2, 0) is 0 Å². The maximum Gasteiger partial charge on any atom is 0.358 e. The van der Waals surface area contributed by atoms with Crippen LogP contribution in [0.2, 0.25) is 10.0 Å². The van der Waals surface area contributed by atoms with Crippen molar-refractivity contribution < 1.29 is 9.90 Å². The third kappa shape index (κ3) is 2.60. The summed E-state index contributed by atoms with van der Waals surface area (Å²) in [7, 11) is 0. The summed E-state index contributed by atoms with van der Waals surface area (Å²) in [5.74, 6) is -1.09. The summed E-state index contributed by atoms with van der Waals surface area (Å²) in [6.45, 7) is 3.86. The number of rotatable bonds is 3. The molecule has 0 radical (unpaired) electrons. The van der Waals surface area contributed by atoms with Crippen LogP contribution in [0.4, 0.5) is 0 Å². The van der Waals surface area contributed by atoms with Crippen molar-refractivity contribution in [2.75, 3.05) is 0 Å². The molecule has 0 bridgehead atoms. The molecule has 0 unspecified atom stereocenters. The lowest BCUT2D eigenvalue weighted by Gasteiger charge is -2.10. The highest BCUT2D eigenvalue weighted by Crippen LogP contribution is 2.30. The molecule has 0 fully saturated rings. The van der Waals surface area contributed by atoms with Crippen molar-refractivity contribution >= 4 is 29.2 Å². The van der Waals surface area contributed by atoms with Crippen molar-refractivity contribution in [3.8, 4) is 5.69 Å². The molecule has 0 saturated heterocycles. The van der Waals surface area contributed by atoms with Crippen molar-refractivity contribution in [2.24, 2.45) is 0 Å². The highest BCUT2D eigenvalue weighted by atomic mass is 35.5. The van der Waals surface area contributed by atoms with E-state index in [-0.39, 0.29) is 16.6 Å². The van der Waals surface area contributed by atoms with Gasteiger partial charge in [0.1, 0.15) is 0 Å². The summed E-state index contributed by atoms with van der Waals surface area (Å²) in [4.78, 5) is 11.1. The molecular weight excluding hydrogens is 287 g/mol. The van der Waals surface area contributed by atoms with E-state index in [4.69, 9.17) is 28.3 Å². The highest BCUT2D eigenvalue weighted by molar-refractivity contribution is 6.34. The average molecular weight is 299 g/mol. The van der Waals surface area contributed by atoms with Crippen LogP contribution in [0.1, 0.15) is 35.9 Å². The van der Waals surface area contributed by atoms with Crippen molar-refractivity contribution in [3.63, 3.8) is 0 Å². The monoisotopic (exact) mass is 298 g/mol. The van der Waals surface area contributed by atoms with E-state index in [1.54, 1.807) is 28.9 Å². The van der Waals surface area contributed by atoms with Gasteiger partial charge in [-0.1, -0.05) is 37.0 Å². The van der Waals surface area contributed by atoms with E-state index >= 15 is 0 Å². The highest BCUT2D eigenvalue weighted by Gasteiger charge is 2.23. The van der Waals surface area contributed by atoms with E-state index in [0.717, 1.165) is 5.69 Å². The molecule has 0 aliphatic rings. The lowest BCUT2D eigenvalue weighted by atomic mass is 10.1. The molecule has 2 rings (SSSR count). The first-order valence-corrected chi connectivity index (χ1v) is 6.45. The Hall–Kier alpha value is -1.52. The first-order chi connectivity index (χ1) is 8.91. The molecule has 0 atom stereocenters. The molecule has 0 saturated carbocycles. The number of benzene rings is 1. The molecule has 0 spiro atoms. The van der Waals surface area contributed by atoms with Crippen LogP contribution in [0.25, 0.3) is 5.69 Å². The fourth-order valence-corrected chi connectivity index (χ4v) is 2.37. The minimum absolute atomic E-state index is 0.0452. The number of carboxylic acid groups (broad SMARTS) is 1. The molecule has 0 amide bonds. The fraction of sp³-hybridized carbons (Fsp3) is 0.231. The van der Waals surface area contributed by atoms with Gasteiger partial charge in [0, 0.05) is 5.02 Å². The minimum Gasteiger partial charge on any atom is -0.476 e. The van der Waals surface area contributed by atoms with Gasteiger partial charge in [-0.15, -0.1) is 0 Å². The van der Waals surface area contributed by atoms with Gasteiger partial charge in [0.2, 0.25) is 0 Å². The normalized spacial score (nSPS) is 11.0. The van der Waals surface area contributed by atoms with Gasteiger partial charge in [-0.25, -0.2) is 9.48 Å². The number of aromatic carboxylic acids is 1. The Labute approximate surface area is 120 Å². The summed E-state index contributed by atoms with van der Waals surface area (Å²) >= 11 is 11.9. The van der Waals surface area contributed by atoms with E-state index in [1.165, 1.54) is 0 Å². The largest absolute Gasteiger partial charge is 0.476 e. The van der Waals surface area contributed by atoms with E-state index in [0.29, 0.717) is 10.7 Å². The van der Waals surface area contributed by atoms with Gasteiger partial charge in [-0.2, -0.15) is 5.10 Å². The van der Waals surface area contributed by atoms with Crippen LogP contribution in [0.5, 0.6) is 0 Å². The van der Waals surface area contributed by atoms with Crippen molar-refractivity contribution in [1.82, 2.24) is 9.78 Å². The van der Waals surface area contributed by atoms with Crippen molar-refractivity contribution in [1.29, 1.82) is 0 Å². The first-order valence-electron chi connectivity index (χ1n) is 5.69. The fourth-order valence-electron chi connectivity index (χ4n) is 1.83. The predicted molar refractivity (Wildman–Crippen MR) is 74.6 cm³/mol. The SMILES string of the molecule is CC(C)c1c(Cl)c(C(=O)O)nn1-c1ccc(Cl)cc1. The Morgan fingerprint density at radius 3 is 2.32 bits per heavy atom. The number of carbonyl (C=O) groups is 1. The lowest BCUT2D eigenvalue weighted by Crippen LogP contribution is -2.04. The molecule has 0 aliphatic carbocycles. The van der Waals surface area contributed by atoms with Gasteiger partial charge in [-0.05, 0) is 30.2 Å². The second kappa shape index (κ2) is 5.23. The molecule has 19 heavy (non-hydrogen) atoms. The van der Waals surface area contributed by atoms with Crippen LogP contribution < -0.4 is 0 Å². The van der Waals surface area contributed by atoms with Gasteiger partial charge in [-0.3, -0.25) is 0 Å². The van der Waals surface area contributed by atoms with Crippen LogP contribution >= 0.6 is 23.2 Å². The predicted octanol–water partition coefficient (Wildman–Crippen LogP) is 4.00. The average Bonchev–Trinajstić information content (AvgIpc) is 2.68. The Morgan fingerprint density at radius 2 is 1.84 bits per heavy atom. The Morgan fingerprint density at radius 1 is 1.26 bits per heavy atom. The minimum atomic E-state index is -1.14. The molecule has 1 N–H and O–H groups in total. The quantitative estimate of drug-likeness (QED) is 0.932. The van der Waals surface area contributed by atoms with Crippen LogP contribution in [-0.4, -0.2) is 20.9 Å². The Balaban J connectivity index is 2.65. The van der Waals surface area contributed by atoms with E-state index < -0.39 is 5.97 Å². The topological polar surface area (TPSA) is 55.1 Å². The summed E-state index contributed by atoms with van der Waals surface area (Å²) in [5.41, 5.74) is 1.25. The maximum absolute atomic E-state index is 11.1. The maximum atomic E-state index is 11.1. The van der Waals surface area contributed by atoms with Crippen LogP contribution in [0, 0.1) is 0 Å². The zero-order valence-electron chi connectivity index (χ0n) is 10.4. The zero-order chi connectivity index (χ0) is 14.2. The molecule has 0 aliphatic heterocycles. The van der Waals surface area contributed by atoms with E-state index in [1.807, 2.05) is 13.8 Å². The summed E-state index contributed by atoms with van der Waals surface area (Å²) < 4.78 is 1.55. The van der Waals surface area contributed by atoms with Crippen molar-refractivity contribution in [3.05, 3.63) is 45.7 Å². The number of hydrogen-bond donors (Lipinski definition) is 1. The number of nitrogens with zero attached hydrogens (tertiary/aromatic N) is 2. The second-order valence-corrected chi connectivity index (χ2v) is 5.21. The number of aromatic nitrogens is 2. The molecule has 1 heterocycles. The standard InChI is InChI=1S/C13H12Cl2N2O2/c1-7(2)12-10(15)11(13(18)19)16-17(12)9-5-3-8(14)4-6-9/h3-7H,1-2H3,(H,18,19). The number of hydrogen-bond acceptors (Lipinski definition) is 2. The molecular formula is C13H12Cl2N2O2. The van der Waals surface area contributed by atoms with Crippen LogP contribution in [0.15, 0.2) is 24.3 Å². The Kier molecular flexibility index (Phi) is 3.83. The van der Waals surface area contributed by atoms with Gasteiger partial charge in [0.15, 0.2) is 5.69 Å². The zero-order valence-corrected chi connectivity index (χ0v) is 11.9. The molecule has 1 aromatic heterocycles. The van der Waals surface area contributed by atoms with E-state index in [2.05, 4.69) is 5.10 Å².